The summed E-state index contributed by atoms with van der Waals surface area (Å²) in [6, 6.07) is 12.0. The lowest BCUT2D eigenvalue weighted by molar-refractivity contribution is 0.0991. The summed E-state index contributed by atoms with van der Waals surface area (Å²) in [5.74, 6) is 0.104. The van der Waals surface area contributed by atoms with Gasteiger partial charge in [0.2, 0.25) is 0 Å². The molecule has 2 aliphatic heterocycles. The van der Waals surface area contributed by atoms with Gasteiger partial charge in [-0.25, -0.2) is 0 Å². The Hall–Kier alpha value is -1.87. The summed E-state index contributed by atoms with van der Waals surface area (Å²) < 4.78 is 5.22. The maximum absolute atomic E-state index is 12.3. The monoisotopic (exact) mass is 225 g/mol. The molecule has 2 heterocycles. The normalized spacial score (nSPS) is 21.3. The van der Waals surface area contributed by atoms with E-state index in [4.69, 9.17) is 4.74 Å². The zero-order chi connectivity index (χ0) is 11.4. The molecule has 0 aliphatic carbocycles. The maximum atomic E-state index is 12.3. The summed E-state index contributed by atoms with van der Waals surface area (Å²) in [6.07, 6.45) is 0.225. The van der Waals surface area contributed by atoms with Crippen LogP contribution in [0, 0.1) is 0 Å². The Bertz CT molecular complexity index is 626. The van der Waals surface area contributed by atoms with Gasteiger partial charge in [0.05, 0.1) is 24.9 Å². The summed E-state index contributed by atoms with van der Waals surface area (Å²) in [4.78, 5) is 14.2. The molecule has 2 aromatic rings. The summed E-state index contributed by atoms with van der Waals surface area (Å²) in [7, 11) is 0. The van der Waals surface area contributed by atoms with E-state index in [9.17, 15) is 4.79 Å². The molecule has 0 radical (unpaired) electrons. The highest BCUT2D eigenvalue weighted by atomic mass is 16.6. The fourth-order valence-corrected chi connectivity index (χ4v) is 2.54. The van der Waals surface area contributed by atoms with Crippen LogP contribution in [-0.2, 0) is 4.74 Å². The number of carbonyl (C=O) groups is 1. The summed E-state index contributed by atoms with van der Waals surface area (Å²) >= 11 is 0. The molecule has 0 bridgehead atoms. The van der Waals surface area contributed by atoms with Gasteiger partial charge >= 0.3 is 0 Å². The molecule has 1 unspecified atom stereocenters. The van der Waals surface area contributed by atoms with Crippen molar-refractivity contribution in [1.82, 2.24) is 0 Å². The van der Waals surface area contributed by atoms with Crippen molar-refractivity contribution in [2.24, 2.45) is 0 Å². The average Bonchev–Trinajstić information content (AvgIpc) is 3.13. The molecule has 2 aromatic carbocycles. The Labute approximate surface area is 98.6 Å². The molecule has 1 amide bonds. The number of rotatable bonds is 2. The van der Waals surface area contributed by atoms with E-state index in [0.717, 1.165) is 28.6 Å². The highest BCUT2D eigenvalue weighted by molar-refractivity contribution is 6.25. The van der Waals surface area contributed by atoms with Crippen LogP contribution in [-0.4, -0.2) is 25.2 Å². The third kappa shape index (κ3) is 1.23. The van der Waals surface area contributed by atoms with Crippen molar-refractivity contribution in [2.75, 3.05) is 18.1 Å². The van der Waals surface area contributed by atoms with Gasteiger partial charge in [-0.1, -0.05) is 24.3 Å². The number of carbonyl (C=O) groups excluding carboxylic acids is 1. The molecule has 2 aliphatic rings. The van der Waals surface area contributed by atoms with Gasteiger partial charge in [-0.15, -0.1) is 0 Å². The first-order chi connectivity index (χ1) is 8.34. The maximum Gasteiger partial charge on any atom is 0.259 e. The Morgan fingerprint density at radius 2 is 2.00 bits per heavy atom. The summed E-state index contributed by atoms with van der Waals surface area (Å²) in [5, 5.41) is 2.22. The van der Waals surface area contributed by atoms with Crippen molar-refractivity contribution in [3.63, 3.8) is 0 Å². The number of nitrogens with zero attached hydrogens (tertiary/aromatic N) is 1. The number of amides is 1. The van der Waals surface area contributed by atoms with Crippen LogP contribution in [0.5, 0.6) is 0 Å². The van der Waals surface area contributed by atoms with Crippen LogP contribution in [0.25, 0.3) is 10.8 Å². The van der Waals surface area contributed by atoms with Gasteiger partial charge in [0.15, 0.2) is 0 Å². The first-order valence-corrected chi connectivity index (χ1v) is 5.80. The molecule has 1 saturated heterocycles. The molecule has 4 rings (SSSR count). The Balaban J connectivity index is 1.94. The predicted molar refractivity (Wildman–Crippen MR) is 65.4 cm³/mol. The van der Waals surface area contributed by atoms with Crippen LogP contribution in [0.1, 0.15) is 10.4 Å². The van der Waals surface area contributed by atoms with Gasteiger partial charge in [-0.3, -0.25) is 4.79 Å². The standard InChI is InChI=1S/C14H11NO2/c16-14-11-5-1-3-9-4-2-6-12(13(9)11)15(14)7-10-8-17-10/h1-6,10H,7-8H2. The predicted octanol–water partition coefficient (Wildman–Crippen LogP) is 2.20. The van der Waals surface area contributed by atoms with Crippen molar-refractivity contribution in [2.45, 2.75) is 6.10 Å². The fourth-order valence-electron chi connectivity index (χ4n) is 2.54. The van der Waals surface area contributed by atoms with Crippen LogP contribution in [0.15, 0.2) is 36.4 Å². The minimum absolute atomic E-state index is 0.104. The Morgan fingerprint density at radius 3 is 2.76 bits per heavy atom. The molecule has 17 heavy (non-hydrogen) atoms. The fraction of sp³-hybridized carbons (Fsp3) is 0.214. The summed E-state index contributed by atoms with van der Waals surface area (Å²) in [5.41, 5.74) is 1.84. The van der Waals surface area contributed by atoms with Gasteiger partial charge in [0.25, 0.3) is 5.91 Å². The smallest absolute Gasteiger partial charge is 0.259 e. The number of benzene rings is 2. The van der Waals surface area contributed by atoms with Crippen LogP contribution >= 0.6 is 0 Å². The Kier molecular flexibility index (Phi) is 1.66. The van der Waals surface area contributed by atoms with E-state index in [2.05, 4.69) is 0 Å². The molecule has 84 valence electrons. The van der Waals surface area contributed by atoms with Crippen molar-refractivity contribution < 1.29 is 9.53 Å². The van der Waals surface area contributed by atoms with Crippen molar-refractivity contribution in [3.05, 3.63) is 42.0 Å². The molecule has 0 spiro atoms. The second-order valence-corrected chi connectivity index (χ2v) is 4.55. The molecule has 1 fully saturated rings. The minimum atomic E-state index is 0.104. The quantitative estimate of drug-likeness (QED) is 0.734. The topological polar surface area (TPSA) is 32.8 Å². The van der Waals surface area contributed by atoms with Gasteiger partial charge in [-0.2, -0.15) is 0 Å². The summed E-state index contributed by atoms with van der Waals surface area (Å²) in [6.45, 7) is 1.45. The van der Waals surface area contributed by atoms with Gasteiger partial charge in [0.1, 0.15) is 0 Å². The van der Waals surface area contributed by atoms with Gasteiger partial charge < -0.3 is 9.64 Å². The lowest BCUT2D eigenvalue weighted by Gasteiger charge is -2.15. The van der Waals surface area contributed by atoms with E-state index in [1.165, 1.54) is 0 Å². The second kappa shape index (κ2) is 3.08. The SMILES string of the molecule is O=C1c2cccc3cccc(c23)N1CC1CO1. The zero-order valence-corrected chi connectivity index (χ0v) is 9.22. The molecule has 1 atom stereocenters. The molecule has 3 nitrogen and oxygen atoms in total. The number of epoxide rings is 1. The van der Waals surface area contributed by atoms with Gasteiger partial charge in [0, 0.05) is 10.9 Å². The first-order valence-electron chi connectivity index (χ1n) is 5.80. The molecule has 3 heteroatoms. The largest absolute Gasteiger partial charge is 0.371 e. The number of hydrogen-bond acceptors (Lipinski definition) is 2. The molecule has 0 aromatic heterocycles. The van der Waals surface area contributed by atoms with E-state index in [-0.39, 0.29) is 12.0 Å². The van der Waals surface area contributed by atoms with Crippen LogP contribution in [0.3, 0.4) is 0 Å². The highest BCUT2D eigenvalue weighted by Crippen LogP contribution is 2.37. The number of hydrogen-bond donors (Lipinski definition) is 0. The van der Waals surface area contributed by atoms with Crippen molar-refractivity contribution >= 4 is 22.4 Å². The van der Waals surface area contributed by atoms with E-state index in [1.54, 1.807) is 0 Å². The van der Waals surface area contributed by atoms with E-state index in [1.807, 2.05) is 41.3 Å². The molecule has 0 N–H and O–H groups in total. The average molecular weight is 225 g/mol. The first kappa shape index (κ1) is 9.19. The van der Waals surface area contributed by atoms with E-state index < -0.39 is 0 Å². The van der Waals surface area contributed by atoms with Crippen molar-refractivity contribution in [3.8, 4) is 0 Å². The number of anilines is 1. The minimum Gasteiger partial charge on any atom is -0.371 e. The lowest BCUT2D eigenvalue weighted by atomic mass is 10.1. The second-order valence-electron chi connectivity index (χ2n) is 4.55. The third-order valence-corrected chi connectivity index (χ3v) is 3.44. The molecular weight excluding hydrogens is 214 g/mol. The third-order valence-electron chi connectivity index (χ3n) is 3.44. The highest BCUT2D eigenvalue weighted by Gasteiger charge is 2.34. The van der Waals surface area contributed by atoms with E-state index in [0.29, 0.717) is 6.54 Å². The lowest BCUT2D eigenvalue weighted by Crippen LogP contribution is -2.30. The molecule has 0 saturated carbocycles. The van der Waals surface area contributed by atoms with Gasteiger partial charge in [-0.05, 0) is 17.5 Å². The zero-order valence-electron chi connectivity index (χ0n) is 9.22. The van der Waals surface area contributed by atoms with E-state index >= 15 is 0 Å². The van der Waals surface area contributed by atoms with Crippen LogP contribution in [0.2, 0.25) is 0 Å². The van der Waals surface area contributed by atoms with Crippen LogP contribution in [0.4, 0.5) is 5.69 Å². The number of ether oxygens (including phenoxy) is 1. The van der Waals surface area contributed by atoms with Crippen molar-refractivity contribution in [1.29, 1.82) is 0 Å². The Morgan fingerprint density at radius 1 is 1.24 bits per heavy atom. The molecular formula is C14H11NO2. The van der Waals surface area contributed by atoms with Crippen LogP contribution < -0.4 is 4.90 Å².